The molecular weight excluding hydrogens is 263 g/mol. The predicted molar refractivity (Wildman–Crippen MR) is 58.3 cm³/mol. The molecule has 2 heterocycles. The standard InChI is InChI=1S/C10H10BrFN2O/c11-7-4-9(12)10(13-5-7)14-3-1-2-8(15)6-14/h4-5H,1-3,6H2. The first-order chi connectivity index (χ1) is 7.16. The van der Waals surface area contributed by atoms with E-state index < -0.39 is 0 Å². The molecule has 0 amide bonds. The largest absolute Gasteiger partial charge is 0.347 e. The maximum Gasteiger partial charge on any atom is 0.166 e. The zero-order chi connectivity index (χ0) is 10.8. The first-order valence-electron chi connectivity index (χ1n) is 4.74. The van der Waals surface area contributed by atoms with Gasteiger partial charge in [-0.25, -0.2) is 9.37 Å². The monoisotopic (exact) mass is 272 g/mol. The van der Waals surface area contributed by atoms with Gasteiger partial charge in [-0.2, -0.15) is 0 Å². The van der Waals surface area contributed by atoms with Gasteiger partial charge in [-0.1, -0.05) is 0 Å². The Morgan fingerprint density at radius 3 is 3.00 bits per heavy atom. The van der Waals surface area contributed by atoms with E-state index in [2.05, 4.69) is 20.9 Å². The molecule has 5 heteroatoms. The molecule has 0 radical (unpaired) electrons. The lowest BCUT2D eigenvalue weighted by Crippen LogP contribution is -2.36. The molecule has 1 fully saturated rings. The van der Waals surface area contributed by atoms with Crippen molar-refractivity contribution in [1.29, 1.82) is 0 Å². The van der Waals surface area contributed by atoms with Gasteiger partial charge in [0.25, 0.3) is 0 Å². The molecule has 1 saturated heterocycles. The van der Waals surface area contributed by atoms with Crippen LogP contribution < -0.4 is 4.90 Å². The molecule has 0 aromatic carbocycles. The predicted octanol–water partition coefficient (Wildman–Crippen LogP) is 2.15. The Hall–Kier alpha value is -0.970. The molecule has 0 unspecified atom stereocenters. The number of nitrogens with zero attached hydrogens (tertiary/aromatic N) is 2. The summed E-state index contributed by atoms with van der Waals surface area (Å²) in [5.74, 6) is 0.0238. The number of rotatable bonds is 1. The van der Waals surface area contributed by atoms with Crippen LogP contribution in [0.1, 0.15) is 12.8 Å². The van der Waals surface area contributed by atoms with Gasteiger partial charge in [-0.3, -0.25) is 4.79 Å². The summed E-state index contributed by atoms with van der Waals surface area (Å²) in [6.45, 7) is 0.961. The minimum Gasteiger partial charge on any atom is -0.347 e. The van der Waals surface area contributed by atoms with Crippen LogP contribution in [0.5, 0.6) is 0 Å². The Bertz CT molecular complexity index is 397. The number of Topliss-reactive ketones (excluding diaryl/α,β-unsaturated/α-hetero) is 1. The molecule has 1 aliphatic heterocycles. The molecule has 80 valence electrons. The van der Waals surface area contributed by atoms with Gasteiger partial charge < -0.3 is 4.90 Å². The highest BCUT2D eigenvalue weighted by atomic mass is 79.9. The summed E-state index contributed by atoms with van der Waals surface area (Å²) in [5, 5.41) is 0. The number of carbonyl (C=O) groups excluding carboxylic acids is 1. The number of hydrogen-bond acceptors (Lipinski definition) is 3. The van der Waals surface area contributed by atoms with Crippen LogP contribution in [0.25, 0.3) is 0 Å². The first kappa shape index (κ1) is 10.5. The lowest BCUT2D eigenvalue weighted by molar-refractivity contribution is -0.118. The quantitative estimate of drug-likeness (QED) is 0.786. The van der Waals surface area contributed by atoms with Gasteiger partial charge in [-0.05, 0) is 28.4 Å². The smallest absolute Gasteiger partial charge is 0.166 e. The molecule has 3 nitrogen and oxygen atoms in total. The van der Waals surface area contributed by atoms with Crippen molar-refractivity contribution in [2.75, 3.05) is 18.0 Å². The van der Waals surface area contributed by atoms with Crippen LogP contribution in [-0.4, -0.2) is 23.9 Å². The Balaban J connectivity index is 2.24. The maximum absolute atomic E-state index is 13.5. The summed E-state index contributed by atoms with van der Waals surface area (Å²) >= 11 is 3.14. The van der Waals surface area contributed by atoms with Gasteiger partial charge in [0, 0.05) is 23.6 Å². The summed E-state index contributed by atoms with van der Waals surface area (Å²) in [7, 11) is 0. The van der Waals surface area contributed by atoms with Gasteiger partial charge in [0.2, 0.25) is 0 Å². The molecule has 1 aromatic rings. The van der Waals surface area contributed by atoms with Crippen molar-refractivity contribution < 1.29 is 9.18 Å². The Kier molecular flexibility index (Phi) is 3.00. The normalized spacial score (nSPS) is 16.9. The second kappa shape index (κ2) is 4.26. The Morgan fingerprint density at radius 1 is 1.53 bits per heavy atom. The van der Waals surface area contributed by atoms with E-state index in [4.69, 9.17) is 0 Å². The fourth-order valence-electron chi connectivity index (χ4n) is 1.66. The molecule has 1 aromatic heterocycles. The van der Waals surface area contributed by atoms with Crippen LogP contribution in [0.15, 0.2) is 16.7 Å². The topological polar surface area (TPSA) is 33.2 Å². The number of hydrogen-bond donors (Lipinski definition) is 0. The summed E-state index contributed by atoms with van der Waals surface area (Å²) in [6.07, 6.45) is 2.90. The van der Waals surface area contributed by atoms with E-state index in [1.54, 1.807) is 4.90 Å². The number of aromatic nitrogens is 1. The highest BCUT2D eigenvalue weighted by Gasteiger charge is 2.20. The Morgan fingerprint density at radius 2 is 2.33 bits per heavy atom. The third-order valence-corrected chi connectivity index (χ3v) is 2.77. The lowest BCUT2D eigenvalue weighted by Gasteiger charge is -2.26. The summed E-state index contributed by atoms with van der Waals surface area (Å²) < 4.78 is 14.1. The van der Waals surface area contributed by atoms with E-state index in [9.17, 15) is 9.18 Å². The van der Waals surface area contributed by atoms with Crippen molar-refractivity contribution in [3.8, 4) is 0 Å². The van der Waals surface area contributed by atoms with Crippen molar-refractivity contribution >= 4 is 27.5 Å². The maximum atomic E-state index is 13.5. The molecule has 0 saturated carbocycles. The molecule has 1 aliphatic rings. The highest BCUT2D eigenvalue weighted by molar-refractivity contribution is 9.10. The average Bonchev–Trinajstić information content (AvgIpc) is 2.17. The fraction of sp³-hybridized carbons (Fsp3) is 0.400. The molecule has 15 heavy (non-hydrogen) atoms. The number of ketones is 1. The summed E-state index contributed by atoms with van der Waals surface area (Å²) in [6, 6.07) is 1.36. The molecule has 0 spiro atoms. The van der Waals surface area contributed by atoms with Gasteiger partial charge in [0.15, 0.2) is 17.4 Å². The van der Waals surface area contributed by atoms with Crippen molar-refractivity contribution in [2.24, 2.45) is 0 Å². The zero-order valence-electron chi connectivity index (χ0n) is 8.04. The van der Waals surface area contributed by atoms with Gasteiger partial charge >= 0.3 is 0 Å². The van der Waals surface area contributed by atoms with E-state index >= 15 is 0 Å². The van der Waals surface area contributed by atoms with Gasteiger partial charge in [0.05, 0.1) is 6.54 Å². The number of pyridine rings is 1. The lowest BCUT2D eigenvalue weighted by atomic mass is 10.1. The second-order valence-corrected chi connectivity index (χ2v) is 4.44. The molecular formula is C10H10BrFN2O. The Labute approximate surface area is 95.4 Å². The fourth-order valence-corrected chi connectivity index (χ4v) is 1.96. The number of piperidine rings is 1. The molecule has 2 rings (SSSR count). The average molecular weight is 273 g/mol. The number of halogens is 2. The van der Waals surface area contributed by atoms with E-state index in [-0.39, 0.29) is 24.0 Å². The summed E-state index contributed by atoms with van der Waals surface area (Å²) in [5.41, 5.74) is 0. The molecule has 0 bridgehead atoms. The first-order valence-corrected chi connectivity index (χ1v) is 5.54. The van der Waals surface area contributed by atoms with Crippen LogP contribution in [0.2, 0.25) is 0 Å². The van der Waals surface area contributed by atoms with Crippen LogP contribution in [0.3, 0.4) is 0 Å². The SMILES string of the molecule is O=C1CCCN(c2ncc(Br)cc2F)C1. The zero-order valence-corrected chi connectivity index (χ0v) is 9.63. The van der Waals surface area contributed by atoms with Gasteiger partial charge in [0.1, 0.15) is 0 Å². The number of anilines is 1. The van der Waals surface area contributed by atoms with Crippen LogP contribution in [0.4, 0.5) is 10.2 Å². The summed E-state index contributed by atoms with van der Waals surface area (Å²) in [4.78, 5) is 16.9. The van der Waals surface area contributed by atoms with Crippen LogP contribution in [-0.2, 0) is 4.79 Å². The van der Waals surface area contributed by atoms with Crippen molar-refractivity contribution in [1.82, 2.24) is 4.98 Å². The third kappa shape index (κ3) is 2.34. The second-order valence-electron chi connectivity index (χ2n) is 3.52. The van der Waals surface area contributed by atoms with E-state index in [1.807, 2.05) is 0 Å². The van der Waals surface area contributed by atoms with Crippen molar-refractivity contribution in [3.05, 3.63) is 22.6 Å². The minimum atomic E-state index is -0.390. The van der Waals surface area contributed by atoms with E-state index in [0.717, 1.165) is 6.42 Å². The molecule has 0 aliphatic carbocycles. The van der Waals surface area contributed by atoms with Crippen LogP contribution in [0, 0.1) is 5.82 Å². The van der Waals surface area contributed by atoms with E-state index in [1.165, 1.54) is 12.3 Å². The molecule has 0 atom stereocenters. The van der Waals surface area contributed by atoms with Gasteiger partial charge in [-0.15, -0.1) is 0 Å². The minimum absolute atomic E-state index is 0.144. The highest BCUT2D eigenvalue weighted by Crippen LogP contribution is 2.22. The van der Waals surface area contributed by atoms with Crippen molar-refractivity contribution in [2.45, 2.75) is 12.8 Å². The third-order valence-electron chi connectivity index (χ3n) is 2.34. The van der Waals surface area contributed by atoms with Crippen LogP contribution >= 0.6 is 15.9 Å². The number of carbonyl (C=O) groups is 1. The van der Waals surface area contributed by atoms with Crippen molar-refractivity contribution in [3.63, 3.8) is 0 Å². The molecule has 0 N–H and O–H groups in total. The van der Waals surface area contributed by atoms with E-state index in [0.29, 0.717) is 17.4 Å².